The molecule has 1 aliphatic carbocycles. The molecule has 0 saturated heterocycles. The highest BCUT2D eigenvalue weighted by Crippen LogP contribution is 2.46. The SMILES string of the molecule is Cc1ccc2cc(C(=O)CC[C@](C)(O)c3cc4c(c(-c5ccc(F)cc5)n3)OC[C@]4(C)C(N)=O)cc(NC(=O)C3(F)CC3)c2n1. The Hall–Kier alpha value is -4.77. The lowest BCUT2D eigenvalue weighted by molar-refractivity contribution is -0.123. The van der Waals surface area contributed by atoms with Gasteiger partial charge >= 0.3 is 0 Å². The summed E-state index contributed by atoms with van der Waals surface area (Å²) in [4.78, 5) is 47.7. The summed E-state index contributed by atoms with van der Waals surface area (Å²) in [6, 6.07) is 13.8. The molecule has 2 amide bonds. The lowest BCUT2D eigenvalue weighted by atomic mass is 9.81. The van der Waals surface area contributed by atoms with Gasteiger partial charge in [-0.25, -0.2) is 13.8 Å². The van der Waals surface area contributed by atoms with Gasteiger partial charge in [0, 0.05) is 34.2 Å². The van der Waals surface area contributed by atoms with Crippen molar-refractivity contribution in [3.8, 4) is 17.0 Å². The molecule has 4 aromatic rings. The highest BCUT2D eigenvalue weighted by Gasteiger charge is 2.51. The van der Waals surface area contributed by atoms with Crippen LogP contribution < -0.4 is 15.8 Å². The number of hydrogen-bond donors (Lipinski definition) is 3. The fraction of sp³-hybridized carbons (Fsp3) is 0.324. The molecule has 2 atom stereocenters. The highest BCUT2D eigenvalue weighted by molar-refractivity contribution is 6.08. The van der Waals surface area contributed by atoms with Gasteiger partial charge in [0.1, 0.15) is 34.9 Å². The fourth-order valence-electron chi connectivity index (χ4n) is 5.46. The van der Waals surface area contributed by atoms with E-state index in [1.54, 1.807) is 38.1 Å². The minimum absolute atomic E-state index is 0.0314. The minimum atomic E-state index is -1.92. The van der Waals surface area contributed by atoms with Crippen molar-refractivity contribution >= 4 is 34.2 Å². The molecule has 1 aliphatic heterocycles. The van der Waals surface area contributed by atoms with E-state index < -0.39 is 34.3 Å². The number of hydrogen-bond acceptors (Lipinski definition) is 7. The fourth-order valence-corrected chi connectivity index (χ4v) is 5.46. The predicted molar refractivity (Wildman–Crippen MR) is 163 cm³/mol. The van der Waals surface area contributed by atoms with Crippen LogP contribution in [0.1, 0.15) is 66.8 Å². The van der Waals surface area contributed by atoms with Gasteiger partial charge in [0.15, 0.2) is 11.5 Å². The van der Waals surface area contributed by atoms with Crippen LogP contribution in [0.5, 0.6) is 5.75 Å². The van der Waals surface area contributed by atoms with Crippen molar-refractivity contribution in [1.29, 1.82) is 0 Å². The first-order valence-corrected chi connectivity index (χ1v) is 14.6. The Morgan fingerprint density at radius 1 is 1.09 bits per heavy atom. The molecule has 3 heterocycles. The van der Waals surface area contributed by atoms with E-state index >= 15 is 0 Å². The number of carbonyl (C=O) groups excluding carboxylic acids is 3. The Balaban J connectivity index is 1.32. The first-order valence-electron chi connectivity index (χ1n) is 14.6. The third-order valence-corrected chi connectivity index (χ3v) is 8.72. The van der Waals surface area contributed by atoms with Gasteiger partial charge in [-0.3, -0.25) is 19.4 Å². The minimum Gasteiger partial charge on any atom is -0.489 e. The number of aryl methyl sites for hydroxylation is 1. The normalized spacial score (nSPS) is 19.3. The number of nitrogens with zero attached hydrogens (tertiary/aromatic N) is 2. The molecular formula is C34H32F2N4O5. The van der Waals surface area contributed by atoms with Gasteiger partial charge in [0.05, 0.1) is 16.9 Å². The lowest BCUT2D eigenvalue weighted by Gasteiger charge is -2.26. The van der Waals surface area contributed by atoms with E-state index in [0.29, 0.717) is 39.2 Å². The van der Waals surface area contributed by atoms with Gasteiger partial charge in [-0.05, 0) is 88.6 Å². The molecule has 6 rings (SSSR count). The number of ether oxygens (including phenoxy) is 1. The first-order chi connectivity index (χ1) is 21.2. The molecule has 4 N–H and O–H groups in total. The summed E-state index contributed by atoms with van der Waals surface area (Å²) in [6.45, 7) is 4.90. The van der Waals surface area contributed by atoms with E-state index in [1.165, 1.54) is 37.3 Å². The van der Waals surface area contributed by atoms with E-state index in [0.717, 1.165) is 0 Å². The number of benzene rings is 2. The zero-order valence-corrected chi connectivity index (χ0v) is 25.0. The molecule has 11 heteroatoms. The summed E-state index contributed by atoms with van der Waals surface area (Å²) in [7, 11) is 0. The molecule has 1 fully saturated rings. The summed E-state index contributed by atoms with van der Waals surface area (Å²) in [5.41, 5.74) is 4.01. The summed E-state index contributed by atoms with van der Waals surface area (Å²) in [5, 5.41) is 14.9. The first kappa shape index (κ1) is 30.3. The van der Waals surface area contributed by atoms with E-state index in [-0.39, 0.29) is 55.0 Å². The standard InChI is InChI=1S/C34H32F2N4O5/c1-18-4-5-20-14-21(15-24(27(20)38-18)39-31(43)34(36)12-13-34)25(41)10-11-33(3,44)26-16-23-29(45-17-32(23,2)30(37)42)28(40-26)19-6-8-22(35)9-7-19/h4-9,14-16,44H,10-13,17H2,1-3H3,(H2,37,42)(H,39,43)/t32-,33-/m0/s1. The number of halogens is 2. The second-order valence-electron chi connectivity index (χ2n) is 12.4. The smallest absolute Gasteiger partial charge is 0.262 e. The molecule has 2 aliphatic rings. The van der Waals surface area contributed by atoms with E-state index in [9.17, 15) is 28.3 Å². The van der Waals surface area contributed by atoms with Crippen molar-refractivity contribution in [2.75, 3.05) is 11.9 Å². The predicted octanol–water partition coefficient (Wildman–Crippen LogP) is 5.19. The van der Waals surface area contributed by atoms with Crippen LogP contribution in [0.4, 0.5) is 14.5 Å². The second kappa shape index (κ2) is 10.7. The van der Waals surface area contributed by atoms with Crippen molar-refractivity contribution in [1.82, 2.24) is 9.97 Å². The average molecular weight is 615 g/mol. The number of anilines is 1. The van der Waals surface area contributed by atoms with Gasteiger partial charge in [0.2, 0.25) is 5.91 Å². The van der Waals surface area contributed by atoms with Crippen molar-refractivity contribution in [3.63, 3.8) is 0 Å². The number of primary amides is 1. The molecule has 1 saturated carbocycles. The molecule has 2 aromatic heterocycles. The Morgan fingerprint density at radius 3 is 2.47 bits per heavy atom. The molecule has 0 unspecified atom stereocenters. The second-order valence-corrected chi connectivity index (χ2v) is 12.4. The quantitative estimate of drug-likeness (QED) is 0.220. The van der Waals surface area contributed by atoms with Gasteiger partial charge in [-0.15, -0.1) is 0 Å². The maximum absolute atomic E-state index is 14.5. The van der Waals surface area contributed by atoms with Crippen LogP contribution in [0.25, 0.3) is 22.2 Å². The Kier molecular flexibility index (Phi) is 7.19. The number of fused-ring (bicyclic) bond motifs is 2. The van der Waals surface area contributed by atoms with Crippen LogP contribution in [0, 0.1) is 12.7 Å². The average Bonchev–Trinajstić information content (AvgIpc) is 3.67. The van der Waals surface area contributed by atoms with E-state index in [1.807, 2.05) is 0 Å². The van der Waals surface area contributed by atoms with E-state index in [2.05, 4.69) is 15.3 Å². The lowest BCUT2D eigenvalue weighted by Crippen LogP contribution is -2.40. The number of nitrogens with one attached hydrogen (secondary N) is 1. The number of nitrogens with two attached hydrogens (primary N) is 1. The zero-order valence-electron chi connectivity index (χ0n) is 25.0. The van der Waals surface area contributed by atoms with Crippen LogP contribution in [-0.4, -0.2) is 44.9 Å². The van der Waals surface area contributed by atoms with Crippen molar-refractivity contribution in [3.05, 3.63) is 82.9 Å². The third kappa shape index (κ3) is 5.52. The molecular weight excluding hydrogens is 582 g/mol. The molecule has 0 radical (unpaired) electrons. The number of pyridine rings is 2. The molecule has 0 spiro atoms. The molecule has 45 heavy (non-hydrogen) atoms. The number of aliphatic hydroxyl groups is 1. The van der Waals surface area contributed by atoms with Gasteiger partial charge in [0.25, 0.3) is 5.91 Å². The number of Topliss-reactive ketones (excluding diaryl/α,β-unsaturated/α-hetero) is 1. The maximum atomic E-state index is 14.5. The monoisotopic (exact) mass is 614 g/mol. The van der Waals surface area contributed by atoms with Gasteiger partial charge in [-0.1, -0.05) is 6.07 Å². The van der Waals surface area contributed by atoms with Crippen LogP contribution in [-0.2, 0) is 20.6 Å². The van der Waals surface area contributed by atoms with Crippen molar-refractivity contribution < 1.29 is 33.0 Å². The van der Waals surface area contributed by atoms with Crippen LogP contribution in [0.2, 0.25) is 0 Å². The maximum Gasteiger partial charge on any atom is 0.262 e. The largest absolute Gasteiger partial charge is 0.489 e. The Morgan fingerprint density at radius 2 is 1.80 bits per heavy atom. The summed E-state index contributed by atoms with van der Waals surface area (Å²) >= 11 is 0. The van der Waals surface area contributed by atoms with Crippen LogP contribution >= 0.6 is 0 Å². The van der Waals surface area contributed by atoms with Crippen molar-refractivity contribution in [2.45, 2.75) is 63.1 Å². The van der Waals surface area contributed by atoms with Crippen LogP contribution in [0.3, 0.4) is 0 Å². The number of amides is 2. The number of carbonyl (C=O) groups is 3. The van der Waals surface area contributed by atoms with E-state index in [4.69, 9.17) is 10.5 Å². The van der Waals surface area contributed by atoms with Crippen molar-refractivity contribution in [2.24, 2.45) is 5.73 Å². The number of rotatable bonds is 9. The summed E-state index contributed by atoms with van der Waals surface area (Å²) in [6.07, 6.45) is 0.100. The Labute approximate surface area is 257 Å². The number of aromatic nitrogens is 2. The topological polar surface area (TPSA) is 144 Å². The molecule has 9 nitrogen and oxygen atoms in total. The Bertz CT molecular complexity index is 1890. The number of ketones is 1. The van der Waals surface area contributed by atoms with Gasteiger partial charge < -0.3 is 20.9 Å². The summed E-state index contributed by atoms with van der Waals surface area (Å²) < 4.78 is 34.1. The highest BCUT2D eigenvalue weighted by atomic mass is 19.1. The summed E-state index contributed by atoms with van der Waals surface area (Å²) in [5.74, 6) is -1.86. The number of alkyl halides is 1. The molecule has 232 valence electrons. The molecule has 2 aromatic carbocycles. The molecule has 0 bridgehead atoms. The van der Waals surface area contributed by atoms with Gasteiger partial charge in [-0.2, -0.15) is 0 Å². The zero-order chi connectivity index (χ0) is 32.3. The third-order valence-electron chi connectivity index (χ3n) is 8.72. The van der Waals surface area contributed by atoms with Crippen LogP contribution in [0.15, 0.2) is 54.6 Å².